The van der Waals surface area contributed by atoms with Gasteiger partial charge in [-0.1, -0.05) is 72.1 Å². The molecule has 2 rings (SSSR count). The van der Waals surface area contributed by atoms with Gasteiger partial charge in [-0.3, -0.25) is 0 Å². The Morgan fingerprint density at radius 3 is 1.94 bits per heavy atom. The van der Waals surface area contributed by atoms with E-state index < -0.39 is 10.0 Å². The van der Waals surface area contributed by atoms with Gasteiger partial charge in [0.2, 0.25) is 10.0 Å². The normalized spacial score (nSPS) is 15.9. The molecule has 1 aliphatic heterocycles. The van der Waals surface area contributed by atoms with E-state index in [1.807, 2.05) is 0 Å². The second-order valence-corrected chi connectivity index (χ2v) is 12.7. The molecular weight excluding hydrogens is 432 g/mol. The predicted octanol–water partition coefficient (Wildman–Crippen LogP) is 6.68. The Morgan fingerprint density at radius 1 is 0.909 bits per heavy atom. The fourth-order valence-corrected chi connectivity index (χ4v) is 5.93. The number of sulfonamides is 1. The molecule has 0 aliphatic carbocycles. The van der Waals surface area contributed by atoms with Crippen LogP contribution in [0, 0.1) is 16.7 Å². The Kier molecular flexibility index (Phi) is 11.7. The van der Waals surface area contributed by atoms with E-state index in [1.54, 1.807) is 28.6 Å². The lowest BCUT2D eigenvalue weighted by Gasteiger charge is -2.31. The summed E-state index contributed by atoms with van der Waals surface area (Å²) in [4.78, 5) is 0. The number of piperidine rings is 1. The third kappa shape index (κ3) is 11.4. The largest absolute Gasteiger partial charge is 0.490 e. The summed E-state index contributed by atoms with van der Waals surface area (Å²) in [6.45, 7) is 7.98. The fraction of sp³-hybridized carbons (Fsp3) is 0.741. The van der Waals surface area contributed by atoms with Gasteiger partial charge in [-0.2, -0.15) is 5.26 Å². The molecule has 0 bridgehead atoms. The lowest BCUT2D eigenvalue weighted by molar-refractivity contribution is 0.135. The van der Waals surface area contributed by atoms with Crippen LogP contribution in [-0.2, 0) is 10.0 Å². The summed E-state index contributed by atoms with van der Waals surface area (Å²) in [6.07, 6.45) is 13.4. The van der Waals surface area contributed by atoms with Gasteiger partial charge in [0, 0.05) is 13.1 Å². The van der Waals surface area contributed by atoms with Crippen molar-refractivity contribution >= 4 is 10.0 Å². The second kappa shape index (κ2) is 14.0. The Morgan fingerprint density at radius 2 is 1.42 bits per heavy atom. The van der Waals surface area contributed by atoms with Crippen LogP contribution in [0.15, 0.2) is 24.3 Å². The maximum atomic E-state index is 12.7. The molecule has 0 saturated carbocycles. The van der Waals surface area contributed by atoms with Gasteiger partial charge in [-0.05, 0) is 55.4 Å². The summed E-state index contributed by atoms with van der Waals surface area (Å²) in [5.74, 6) is 1.00. The molecule has 1 aliphatic rings. The molecule has 0 amide bonds. The topological polar surface area (TPSA) is 70.4 Å². The smallest absolute Gasteiger partial charge is 0.214 e. The van der Waals surface area contributed by atoms with Gasteiger partial charge in [-0.15, -0.1) is 0 Å². The van der Waals surface area contributed by atoms with Gasteiger partial charge in [0.1, 0.15) is 11.9 Å². The van der Waals surface area contributed by atoms with Gasteiger partial charge in [0.05, 0.1) is 17.4 Å². The van der Waals surface area contributed by atoms with E-state index in [2.05, 4.69) is 26.8 Å². The molecule has 5 nitrogen and oxygen atoms in total. The second-order valence-electron chi connectivity index (χ2n) is 10.7. The van der Waals surface area contributed by atoms with Crippen molar-refractivity contribution in [3.05, 3.63) is 29.8 Å². The van der Waals surface area contributed by atoms with E-state index in [9.17, 15) is 8.42 Å². The van der Waals surface area contributed by atoms with E-state index in [4.69, 9.17) is 10.00 Å². The lowest BCUT2D eigenvalue weighted by atomic mass is 9.89. The number of rotatable bonds is 14. The molecule has 1 fully saturated rings. The van der Waals surface area contributed by atoms with Crippen LogP contribution in [0.1, 0.15) is 103 Å². The number of hydrogen-bond donors (Lipinski definition) is 0. The molecule has 1 saturated heterocycles. The SMILES string of the molecule is CC(C)(C)CCCCCCCCCCCS(=O)(=O)N1CCC(Oc2ccc(C#N)cc2)CC1. The minimum Gasteiger partial charge on any atom is -0.490 e. The Balaban J connectivity index is 1.52. The molecule has 0 N–H and O–H groups in total. The van der Waals surface area contributed by atoms with Crippen molar-refractivity contribution in [2.24, 2.45) is 5.41 Å². The first-order valence-corrected chi connectivity index (χ1v) is 14.5. The highest BCUT2D eigenvalue weighted by Crippen LogP contribution is 2.23. The molecule has 1 aromatic rings. The summed E-state index contributed by atoms with van der Waals surface area (Å²) in [6, 6.07) is 9.17. The minimum absolute atomic E-state index is 0.0258. The first kappa shape index (κ1) is 27.7. The molecule has 0 unspecified atom stereocenters. The molecule has 1 heterocycles. The molecular formula is C27H44N2O3S. The summed E-state index contributed by atoms with van der Waals surface area (Å²) < 4.78 is 33.0. The van der Waals surface area contributed by atoms with Crippen molar-refractivity contribution in [2.75, 3.05) is 18.8 Å². The van der Waals surface area contributed by atoms with Gasteiger partial charge in [0.25, 0.3) is 0 Å². The van der Waals surface area contributed by atoms with Crippen LogP contribution >= 0.6 is 0 Å². The highest BCUT2D eigenvalue weighted by atomic mass is 32.2. The highest BCUT2D eigenvalue weighted by molar-refractivity contribution is 7.89. The zero-order valence-electron chi connectivity index (χ0n) is 21.0. The van der Waals surface area contributed by atoms with E-state index in [0.29, 0.717) is 36.9 Å². The third-order valence-corrected chi connectivity index (χ3v) is 8.37. The molecule has 0 spiro atoms. The summed E-state index contributed by atoms with van der Waals surface area (Å²) in [7, 11) is -3.17. The molecule has 1 aromatic carbocycles. The predicted molar refractivity (Wildman–Crippen MR) is 136 cm³/mol. The van der Waals surface area contributed by atoms with Crippen LogP contribution in [0.3, 0.4) is 0 Å². The Labute approximate surface area is 202 Å². The van der Waals surface area contributed by atoms with Crippen LogP contribution < -0.4 is 4.74 Å². The monoisotopic (exact) mass is 476 g/mol. The van der Waals surface area contributed by atoms with Crippen LogP contribution in [0.2, 0.25) is 0 Å². The quantitative estimate of drug-likeness (QED) is 0.281. The Bertz CT molecular complexity index is 814. The van der Waals surface area contributed by atoms with Gasteiger partial charge in [-0.25, -0.2) is 12.7 Å². The number of benzene rings is 1. The molecule has 6 heteroatoms. The van der Waals surface area contributed by atoms with Crippen molar-refractivity contribution in [2.45, 2.75) is 104 Å². The zero-order valence-corrected chi connectivity index (χ0v) is 21.8. The van der Waals surface area contributed by atoms with Crippen molar-refractivity contribution in [3.8, 4) is 11.8 Å². The number of unbranched alkanes of at least 4 members (excludes halogenated alkanes) is 8. The minimum atomic E-state index is -3.17. The average Bonchev–Trinajstić information content (AvgIpc) is 2.77. The lowest BCUT2D eigenvalue weighted by Crippen LogP contribution is -2.42. The van der Waals surface area contributed by atoms with E-state index in [1.165, 1.54) is 44.9 Å². The molecule has 0 radical (unpaired) electrons. The number of nitriles is 1. The maximum absolute atomic E-state index is 12.7. The van der Waals surface area contributed by atoms with Crippen LogP contribution in [0.4, 0.5) is 0 Å². The number of nitrogens with zero attached hydrogens (tertiary/aromatic N) is 2. The summed E-state index contributed by atoms with van der Waals surface area (Å²) in [5.41, 5.74) is 1.06. The van der Waals surface area contributed by atoms with Crippen molar-refractivity contribution < 1.29 is 13.2 Å². The number of hydrogen-bond acceptors (Lipinski definition) is 4. The van der Waals surface area contributed by atoms with Crippen LogP contribution in [-0.4, -0.2) is 37.7 Å². The first-order valence-electron chi connectivity index (χ1n) is 12.8. The number of ether oxygens (including phenoxy) is 1. The first-order chi connectivity index (χ1) is 15.7. The molecule has 0 aromatic heterocycles. The van der Waals surface area contributed by atoms with E-state index in [-0.39, 0.29) is 11.9 Å². The van der Waals surface area contributed by atoms with Gasteiger partial charge < -0.3 is 4.74 Å². The fourth-order valence-electron chi connectivity index (χ4n) is 4.33. The van der Waals surface area contributed by atoms with Crippen molar-refractivity contribution in [3.63, 3.8) is 0 Å². The van der Waals surface area contributed by atoms with Gasteiger partial charge >= 0.3 is 0 Å². The van der Waals surface area contributed by atoms with Crippen LogP contribution in [0.25, 0.3) is 0 Å². The molecule has 0 atom stereocenters. The summed E-state index contributed by atoms with van der Waals surface area (Å²) in [5, 5.41) is 8.87. The highest BCUT2D eigenvalue weighted by Gasteiger charge is 2.28. The standard InChI is InChI=1S/C27H44N2O3S/c1-27(2,3)19-11-9-7-5-4-6-8-10-12-22-33(30,31)29-20-17-26(18-21-29)32-25-15-13-24(23-28)14-16-25/h13-16,26H,4-12,17-22H2,1-3H3. The average molecular weight is 477 g/mol. The Hall–Kier alpha value is -1.58. The molecule has 186 valence electrons. The zero-order chi connectivity index (χ0) is 24.2. The van der Waals surface area contributed by atoms with Crippen LogP contribution in [0.5, 0.6) is 5.75 Å². The van der Waals surface area contributed by atoms with E-state index >= 15 is 0 Å². The third-order valence-electron chi connectivity index (χ3n) is 6.41. The maximum Gasteiger partial charge on any atom is 0.214 e. The van der Waals surface area contributed by atoms with Crippen molar-refractivity contribution in [1.82, 2.24) is 4.31 Å². The van der Waals surface area contributed by atoms with Crippen molar-refractivity contribution in [1.29, 1.82) is 5.26 Å². The summed E-state index contributed by atoms with van der Waals surface area (Å²) >= 11 is 0. The van der Waals surface area contributed by atoms with Gasteiger partial charge in [0.15, 0.2) is 0 Å². The molecule has 33 heavy (non-hydrogen) atoms. The van der Waals surface area contributed by atoms with E-state index in [0.717, 1.165) is 25.0 Å².